The highest BCUT2D eigenvalue weighted by atomic mass is 35.5. The maximum Gasteiger partial charge on any atom is 0.408 e. The van der Waals surface area contributed by atoms with E-state index in [4.69, 9.17) is 16.3 Å². The first kappa shape index (κ1) is 32.5. The molecule has 0 radical (unpaired) electrons. The number of ether oxygens (including phenoxy) is 1. The molecule has 2 saturated heterocycles. The number of benzene rings is 1. The number of nitrogens with one attached hydrogen (secondary N) is 2. The minimum Gasteiger partial charge on any atom is -0.444 e. The van der Waals surface area contributed by atoms with Gasteiger partial charge in [-0.1, -0.05) is 23.7 Å². The van der Waals surface area contributed by atoms with Crippen LogP contribution >= 0.6 is 11.6 Å². The Morgan fingerprint density at radius 2 is 1.78 bits per heavy atom. The summed E-state index contributed by atoms with van der Waals surface area (Å²) in [4.78, 5) is 59.1. The second-order valence-electron chi connectivity index (χ2n) is 12.9. The number of aromatic amines is 1. The van der Waals surface area contributed by atoms with Crippen molar-refractivity contribution >= 4 is 46.9 Å². The molecule has 2 aliphatic heterocycles. The zero-order valence-electron chi connectivity index (χ0n) is 26.5. The molecule has 5 rings (SSSR count). The molecule has 45 heavy (non-hydrogen) atoms. The van der Waals surface area contributed by atoms with Crippen LogP contribution in [0.2, 0.25) is 5.02 Å². The van der Waals surface area contributed by atoms with E-state index in [0.29, 0.717) is 50.5 Å². The highest BCUT2D eigenvalue weighted by Crippen LogP contribution is 2.34. The number of nitrogens with zero attached hydrogens (tertiary/aromatic N) is 6. The highest BCUT2D eigenvalue weighted by Gasteiger charge is 2.47. The second kappa shape index (κ2) is 13.6. The zero-order chi connectivity index (χ0) is 32.2. The number of anilines is 1. The number of amides is 3. The van der Waals surface area contributed by atoms with Gasteiger partial charge in [-0.15, -0.1) is 0 Å². The standard InChI is InChI=1S/C32H43ClN8O4/c1-31(2,3)45-30(44)37-32(11-15-41(16-12-32)28-25-9-13-34-27(25)35-21-36-28)29(43)38(4)26(23-5-7-24(33)8-6-23)10-14-39-17-19-40(22-42)20-18-39/h5-9,13,21-22,26H,10-12,14-20H2,1-4H3,(H,37,44)(H,34,35,36). The number of rotatable bonds is 9. The summed E-state index contributed by atoms with van der Waals surface area (Å²) in [5.74, 6) is 0.620. The van der Waals surface area contributed by atoms with Crippen LogP contribution in [0.3, 0.4) is 0 Å². The van der Waals surface area contributed by atoms with Crippen LogP contribution in [-0.4, -0.2) is 112 Å². The maximum atomic E-state index is 14.7. The van der Waals surface area contributed by atoms with Crippen LogP contribution in [0.15, 0.2) is 42.9 Å². The van der Waals surface area contributed by atoms with Gasteiger partial charge >= 0.3 is 6.09 Å². The van der Waals surface area contributed by atoms with E-state index >= 15 is 0 Å². The van der Waals surface area contributed by atoms with Gasteiger partial charge in [0.05, 0.1) is 11.4 Å². The average molecular weight is 639 g/mol. The van der Waals surface area contributed by atoms with Gasteiger partial charge in [0.25, 0.3) is 0 Å². The van der Waals surface area contributed by atoms with Gasteiger partial charge in [-0.05, 0) is 63.8 Å². The Bertz CT molecular complexity index is 1470. The first-order valence-electron chi connectivity index (χ1n) is 15.5. The second-order valence-corrected chi connectivity index (χ2v) is 13.3. The number of fused-ring (bicyclic) bond motifs is 1. The number of piperidine rings is 1. The fraction of sp³-hybridized carbons (Fsp3) is 0.531. The molecule has 2 aliphatic rings. The molecule has 2 aromatic heterocycles. The molecule has 2 N–H and O–H groups in total. The van der Waals surface area contributed by atoms with E-state index in [0.717, 1.165) is 48.5 Å². The molecular weight excluding hydrogens is 596 g/mol. The number of aromatic nitrogens is 3. The van der Waals surface area contributed by atoms with Crippen molar-refractivity contribution in [1.29, 1.82) is 0 Å². The summed E-state index contributed by atoms with van der Waals surface area (Å²) in [6.45, 7) is 10.1. The minimum absolute atomic E-state index is 0.173. The number of carbonyl (C=O) groups excluding carboxylic acids is 3. The van der Waals surface area contributed by atoms with Crippen LogP contribution in [0, 0.1) is 0 Å². The molecule has 13 heteroatoms. The number of hydrogen-bond donors (Lipinski definition) is 2. The Morgan fingerprint density at radius 3 is 2.42 bits per heavy atom. The van der Waals surface area contributed by atoms with Gasteiger partial charge < -0.3 is 29.7 Å². The van der Waals surface area contributed by atoms with E-state index in [9.17, 15) is 14.4 Å². The predicted octanol–water partition coefficient (Wildman–Crippen LogP) is 3.84. The van der Waals surface area contributed by atoms with Gasteiger partial charge in [-0.3, -0.25) is 14.5 Å². The molecule has 242 valence electrons. The monoisotopic (exact) mass is 638 g/mol. The summed E-state index contributed by atoms with van der Waals surface area (Å²) in [5.41, 5.74) is -0.194. The molecule has 12 nitrogen and oxygen atoms in total. The molecule has 0 aliphatic carbocycles. The summed E-state index contributed by atoms with van der Waals surface area (Å²) >= 11 is 6.23. The van der Waals surface area contributed by atoms with Crippen molar-refractivity contribution in [3.05, 3.63) is 53.4 Å². The SMILES string of the molecule is CN(C(=O)C1(NC(=O)OC(C)(C)C)CCN(c2ncnc3[nH]ccc23)CC1)C(CCN1CCN(C=O)CC1)c1ccc(Cl)cc1. The Morgan fingerprint density at radius 1 is 1.09 bits per heavy atom. The third-order valence-corrected chi connectivity index (χ3v) is 8.97. The lowest BCUT2D eigenvalue weighted by Gasteiger charge is -2.45. The quantitative estimate of drug-likeness (QED) is 0.339. The van der Waals surface area contributed by atoms with Gasteiger partial charge in [0.15, 0.2) is 0 Å². The average Bonchev–Trinajstić information content (AvgIpc) is 3.51. The lowest BCUT2D eigenvalue weighted by atomic mass is 9.85. The van der Waals surface area contributed by atoms with Crippen LogP contribution in [0.5, 0.6) is 0 Å². The molecule has 0 spiro atoms. The molecule has 1 aromatic carbocycles. The molecular formula is C32H43ClN8O4. The number of piperazine rings is 1. The van der Waals surface area contributed by atoms with Crippen LogP contribution in [0.1, 0.15) is 51.6 Å². The lowest BCUT2D eigenvalue weighted by Crippen LogP contribution is -2.64. The van der Waals surface area contributed by atoms with Gasteiger partial charge in [-0.25, -0.2) is 14.8 Å². The summed E-state index contributed by atoms with van der Waals surface area (Å²) < 4.78 is 5.65. The van der Waals surface area contributed by atoms with E-state index in [1.165, 1.54) is 6.33 Å². The fourth-order valence-electron chi connectivity index (χ4n) is 6.25. The third kappa shape index (κ3) is 7.67. The van der Waals surface area contributed by atoms with E-state index in [1.807, 2.05) is 43.6 Å². The Labute approximate surface area is 269 Å². The summed E-state index contributed by atoms with van der Waals surface area (Å²) in [7, 11) is 1.81. The topological polar surface area (TPSA) is 127 Å². The lowest BCUT2D eigenvalue weighted by molar-refractivity contribution is -0.140. The molecule has 2 fully saturated rings. The Kier molecular flexibility index (Phi) is 9.83. The summed E-state index contributed by atoms with van der Waals surface area (Å²) in [6, 6.07) is 9.25. The van der Waals surface area contributed by atoms with Gasteiger partial charge in [0.1, 0.15) is 28.9 Å². The van der Waals surface area contributed by atoms with Crippen LogP contribution in [0.25, 0.3) is 11.0 Å². The summed E-state index contributed by atoms with van der Waals surface area (Å²) in [6.07, 6.45) is 5.05. The maximum absolute atomic E-state index is 14.7. The van der Waals surface area contributed by atoms with Gasteiger partial charge in [0.2, 0.25) is 12.3 Å². The largest absolute Gasteiger partial charge is 0.444 e. The molecule has 0 saturated carbocycles. The Hall–Kier alpha value is -3.90. The van der Waals surface area contributed by atoms with E-state index in [-0.39, 0.29) is 11.9 Å². The zero-order valence-corrected chi connectivity index (χ0v) is 27.2. The first-order chi connectivity index (χ1) is 21.5. The van der Waals surface area contributed by atoms with Crippen molar-refractivity contribution in [1.82, 2.24) is 35.0 Å². The van der Waals surface area contributed by atoms with E-state index in [1.54, 1.807) is 30.6 Å². The van der Waals surface area contributed by atoms with Crippen molar-refractivity contribution in [3.8, 4) is 0 Å². The first-order valence-corrected chi connectivity index (χ1v) is 15.8. The number of alkyl carbamates (subject to hydrolysis) is 1. The van der Waals surface area contributed by atoms with Gasteiger partial charge in [-0.2, -0.15) is 0 Å². The minimum atomic E-state index is -1.18. The number of hydrogen-bond acceptors (Lipinski definition) is 8. The smallest absolute Gasteiger partial charge is 0.408 e. The van der Waals surface area contributed by atoms with Gasteiger partial charge in [0, 0.05) is 64.1 Å². The van der Waals surface area contributed by atoms with Crippen LogP contribution < -0.4 is 10.2 Å². The van der Waals surface area contributed by atoms with Crippen molar-refractivity contribution in [2.75, 3.05) is 57.8 Å². The van der Waals surface area contributed by atoms with E-state index < -0.39 is 17.2 Å². The van der Waals surface area contributed by atoms with Crippen molar-refractivity contribution < 1.29 is 19.1 Å². The normalized spacial score (nSPS) is 18.0. The summed E-state index contributed by atoms with van der Waals surface area (Å²) in [5, 5.41) is 4.54. The number of carbonyl (C=O) groups is 3. The van der Waals surface area contributed by atoms with Crippen LogP contribution in [-0.2, 0) is 14.3 Å². The predicted molar refractivity (Wildman–Crippen MR) is 173 cm³/mol. The number of likely N-dealkylation sites (N-methyl/N-ethyl adjacent to an activating group) is 1. The number of H-pyrrole nitrogens is 1. The highest BCUT2D eigenvalue weighted by molar-refractivity contribution is 6.30. The molecule has 4 heterocycles. The number of halogens is 1. The molecule has 1 atom stereocenters. The van der Waals surface area contributed by atoms with E-state index in [2.05, 4.69) is 30.1 Å². The molecule has 1 unspecified atom stereocenters. The molecule has 0 bridgehead atoms. The van der Waals surface area contributed by atoms with Crippen LogP contribution in [0.4, 0.5) is 10.6 Å². The van der Waals surface area contributed by atoms with Crippen molar-refractivity contribution in [2.45, 2.75) is 57.2 Å². The molecule has 3 aromatic rings. The Balaban J connectivity index is 1.39. The van der Waals surface area contributed by atoms with Crippen molar-refractivity contribution in [2.24, 2.45) is 0 Å². The third-order valence-electron chi connectivity index (χ3n) is 8.72. The van der Waals surface area contributed by atoms with Crippen molar-refractivity contribution in [3.63, 3.8) is 0 Å². The fourth-order valence-corrected chi connectivity index (χ4v) is 6.37. The molecule has 3 amide bonds.